The Labute approximate surface area is 136 Å². The molecule has 0 amide bonds. The summed E-state index contributed by atoms with van der Waals surface area (Å²) in [6, 6.07) is 9.76. The molecule has 6 nitrogen and oxygen atoms in total. The van der Waals surface area contributed by atoms with Gasteiger partial charge in [-0.05, 0) is 19.4 Å². The largest absolute Gasteiger partial charge is 0.387 e. The van der Waals surface area contributed by atoms with E-state index in [4.69, 9.17) is 23.7 Å². The Kier molecular flexibility index (Phi) is 4.73. The molecule has 1 aromatic rings. The predicted molar refractivity (Wildman–Crippen MR) is 81.6 cm³/mol. The number of aliphatic hydroxyl groups is 1. The van der Waals surface area contributed by atoms with Crippen molar-refractivity contribution in [1.29, 1.82) is 0 Å². The molecule has 0 radical (unpaired) electrons. The predicted octanol–water partition coefficient (Wildman–Crippen LogP) is 1.46. The zero-order valence-electron chi connectivity index (χ0n) is 13.7. The van der Waals surface area contributed by atoms with E-state index >= 15 is 0 Å². The third-order valence-electron chi connectivity index (χ3n) is 4.23. The summed E-state index contributed by atoms with van der Waals surface area (Å²) in [6.45, 7) is 4.39. The molecule has 6 heteroatoms. The first-order valence-electron chi connectivity index (χ1n) is 7.80. The van der Waals surface area contributed by atoms with Crippen LogP contribution in [0.2, 0.25) is 0 Å². The highest BCUT2D eigenvalue weighted by Crippen LogP contribution is 2.40. The van der Waals surface area contributed by atoms with Gasteiger partial charge in [0.15, 0.2) is 5.79 Å². The van der Waals surface area contributed by atoms with Gasteiger partial charge < -0.3 is 28.8 Å². The number of rotatable bonds is 4. The monoisotopic (exact) mass is 324 g/mol. The second kappa shape index (κ2) is 6.47. The van der Waals surface area contributed by atoms with E-state index in [-0.39, 0.29) is 13.2 Å². The molecule has 0 aliphatic carbocycles. The quantitative estimate of drug-likeness (QED) is 0.904. The number of methoxy groups -OCH3 is 1. The fourth-order valence-corrected chi connectivity index (χ4v) is 3.01. The Morgan fingerprint density at radius 3 is 2.57 bits per heavy atom. The van der Waals surface area contributed by atoms with Crippen LogP contribution in [0.1, 0.15) is 19.4 Å². The minimum absolute atomic E-state index is 0.201. The number of benzene rings is 1. The van der Waals surface area contributed by atoms with Crippen molar-refractivity contribution in [3.8, 4) is 0 Å². The summed E-state index contributed by atoms with van der Waals surface area (Å²) in [5, 5.41) is 10.6. The molecule has 2 aliphatic rings. The highest BCUT2D eigenvalue weighted by molar-refractivity contribution is 5.13. The molecule has 1 unspecified atom stereocenters. The molecule has 0 aromatic heterocycles. The first-order valence-corrected chi connectivity index (χ1v) is 7.80. The summed E-state index contributed by atoms with van der Waals surface area (Å²) in [7, 11) is 1.54. The number of aliphatic hydroxyl groups excluding tert-OH is 1. The topological polar surface area (TPSA) is 66.4 Å². The zero-order valence-corrected chi connectivity index (χ0v) is 13.7. The van der Waals surface area contributed by atoms with Gasteiger partial charge in [0.05, 0.1) is 13.2 Å². The van der Waals surface area contributed by atoms with E-state index < -0.39 is 29.9 Å². The number of hydrogen-bond acceptors (Lipinski definition) is 6. The second-order valence-corrected chi connectivity index (χ2v) is 6.40. The molecule has 0 bridgehead atoms. The van der Waals surface area contributed by atoms with E-state index in [0.717, 1.165) is 5.56 Å². The number of ether oxygens (including phenoxy) is 5. The van der Waals surface area contributed by atoms with Crippen LogP contribution < -0.4 is 0 Å². The average molecular weight is 324 g/mol. The molecule has 1 N–H and O–H groups in total. The van der Waals surface area contributed by atoms with Crippen molar-refractivity contribution < 1.29 is 28.8 Å². The Hall–Kier alpha value is -1.02. The highest BCUT2D eigenvalue weighted by Gasteiger charge is 2.59. The van der Waals surface area contributed by atoms with Crippen molar-refractivity contribution in [3.63, 3.8) is 0 Å². The lowest BCUT2D eigenvalue weighted by atomic mass is 9.97. The van der Waals surface area contributed by atoms with Crippen molar-refractivity contribution in [2.24, 2.45) is 0 Å². The van der Waals surface area contributed by atoms with Crippen LogP contribution in [0.15, 0.2) is 30.3 Å². The van der Waals surface area contributed by atoms with Crippen LogP contribution in [0, 0.1) is 0 Å². The Balaban J connectivity index is 1.78. The van der Waals surface area contributed by atoms with Crippen LogP contribution in [-0.4, -0.2) is 55.3 Å². The van der Waals surface area contributed by atoms with Gasteiger partial charge in [-0.1, -0.05) is 30.3 Å². The van der Waals surface area contributed by atoms with E-state index in [0.29, 0.717) is 6.61 Å². The van der Waals surface area contributed by atoms with E-state index in [1.807, 2.05) is 44.2 Å². The molecule has 23 heavy (non-hydrogen) atoms. The number of hydrogen-bond donors (Lipinski definition) is 1. The van der Waals surface area contributed by atoms with Gasteiger partial charge in [-0.2, -0.15) is 0 Å². The molecule has 1 aromatic carbocycles. The Bertz CT molecular complexity index is 519. The van der Waals surface area contributed by atoms with Crippen LogP contribution in [0.3, 0.4) is 0 Å². The van der Waals surface area contributed by atoms with Gasteiger partial charge in [-0.15, -0.1) is 0 Å². The van der Waals surface area contributed by atoms with Gasteiger partial charge in [0.1, 0.15) is 24.9 Å². The van der Waals surface area contributed by atoms with Crippen molar-refractivity contribution in [1.82, 2.24) is 0 Å². The maximum absolute atomic E-state index is 10.6. The Morgan fingerprint density at radius 2 is 1.96 bits per heavy atom. The minimum Gasteiger partial charge on any atom is -0.387 e. The SMILES string of the molecule is CO[C@H]1COC2(COC(C)(C)O2)[C@@H](OCc2ccccc2)[C@@H]1O. The fourth-order valence-electron chi connectivity index (χ4n) is 3.01. The van der Waals surface area contributed by atoms with Crippen LogP contribution in [0.4, 0.5) is 0 Å². The lowest BCUT2D eigenvalue weighted by Gasteiger charge is -2.45. The van der Waals surface area contributed by atoms with E-state index in [1.54, 1.807) is 7.11 Å². The first-order chi connectivity index (χ1) is 11.0. The molecule has 1 spiro atoms. The van der Waals surface area contributed by atoms with E-state index in [9.17, 15) is 5.11 Å². The lowest BCUT2D eigenvalue weighted by molar-refractivity contribution is -0.348. The van der Waals surface area contributed by atoms with Crippen LogP contribution in [0.25, 0.3) is 0 Å². The van der Waals surface area contributed by atoms with Gasteiger partial charge in [0.2, 0.25) is 5.79 Å². The summed E-state index contributed by atoms with van der Waals surface area (Å²) >= 11 is 0. The molecule has 0 saturated carbocycles. The molecule has 2 heterocycles. The maximum Gasteiger partial charge on any atom is 0.224 e. The lowest BCUT2D eigenvalue weighted by Crippen LogP contribution is -2.63. The summed E-state index contributed by atoms with van der Waals surface area (Å²) in [4.78, 5) is 0. The molecule has 128 valence electrons. The third-order valence-corrected chi connectivity index (χ3v) is 4.23. The van der Waals surface area contributed by atoms with Gasteiger partial charge in [-0.3, -0.25) is 0 Å². The van der Waals surface area contributed by atoms with Crippen LogP contribution in [0.5, 0.6) is 0 Å². The summed E-state index contributed by atoms with van der Waals surface area (Å²) in [5.74, 6) is -1.90. The molecule has 2 fully saturated rings. The molecule has 4 atom stereocenters. The summed E-state index contributed by atoms with van der Waals surface area (Å²) in [6.07, 6.45) is -2.04. The van der Waals surface area contributed by atoms with Crippen molar-refractivity contribution in [3.05, 3.63) is 35.9 Å². The van der Waals surface area contributed by atoms with Crippen LogP contribution >= 0.6 is 0 Å². The van der Waals surface area contributed by atoms with Crippen LogP contribution in [-0.2, 0) is 30.3 Å². The van der Waals surface area contributed by atoms with E-state index in [2.05, 4.69) is 0 Å². The normalized spacial score (nSPS) is 36.4. The highest BCUT2D eigenvalue weighted by atomic mass is 16.8. The molecular weight excluding hydrogens is 300 g/mol. The summed E-state index contributed by atoms with van der Waals surface area (Å²) < 4.78 is 28.8. The van der Waals surface area contributed by atoms with Gasteiger partial charge in [0.25, 0.3) is 0 Å². The second-order valence-electron chi connectivity index (χ2n) is 6.40. The minimum atomic E-state index is -1.12. The fraction of sp³-hybridized carbons (Fsp3) is 0.647. The van der Waals surface area contributed by atoms with Gasteiger partial charge >= 0.3 is 0 Å². The molecule has 2 aliphatic heterocycles. The van der Waals surface area contributed by atoms with Gasteiger partial charge in [-0.25, -0.2) is 0 Å². The average Bonchev–Trinajstić information content (AvgIpc) is 2.84. The molecule has 3 rings (SSSR count). The van der Waals surface area contributed by atoms with Crippen molar-refractivity contribution in [2.75, 3.05) is 20.3 Å². The standard InChI is InChI=1S/C17H24O6/c1-16(2)22-11-17(23-16)15(14(18)13(19-3)10-21-17)20-9-12-7-5-4-6-8-12/h4-8,13-15,18H,9-11H2,1-3H3/t13-,14+,15-,17?/m0/s1. The first kappa shape index (κ1) is 16.8. The van der Waals surface area contributed by atoms with Crippen molar-refractivity contribution >= 4 is 0 Å². The zero-order chi connectivity index (χ0) is 16.5. The smallest absolute Gasteiger partial charge is 0.224 e. The van der Waals surface area contributed by atoms with Gasteiger partial charge in [0, 0.05) is 7.11 Å². The Morgan fingerprint density at radius 1 is 1.22 bits per heavy atom. The molecule has 2 saturated heterocycles. The third kappa shape index (κ3) is 3.42. The maximum atomic E-state index is 10.6. The van der Waals surface area contributed by atoms with Crippen molar-refractivity contribution in [2.45, 2.75) is 50.3 Å². The molecular formula is C17H24O6. The van der Waals surface area contributed by atoms with E-state index in [1.165, 1.54) is 0 Å². The summed E-state index contributed by atoms with van der Waals surface area (Å²) in [5.41, 5.74) is 1.01.